The molecule has 1 nitrogen and oxygen atoms in total. The van der Waals surface area contributed by atoms with Crippen molar-refractivity contribution in [3.05, 3.63) is 68.1 Å². The molecule has 3 heteroatoms. The van der Waals surface area contributed by atoms with Crippen molar-refractivity contribution < 1.29 is 4.79 Å². The summed E-state index contributed by atoms with van der Waals surface area (Å²) in [6.45, 7) is 3.96. The van der Waals surface area contributed by atoms with Crippen LogP contribution in [0, 0.1) is 13.8 Å². The second-order valence-corrected chi connectivity index (χ2v) is 5.65. The van der Waals surface area contributed by atoms with Gasteiger partial charge in [-0.25, -0.2) is 0 Å². The molecule has 0 amide bonds. The molecular weight excluding hydrogens is 312 g/mol. The van der Waals surface area contributed by atoms with Gasteiger partial charge in [0.2, 0.25) is 0 Å². The van der Waals surface area contributed by atoms with Crippen LogP contribution in [0.4, 0.5) is 0 Å². The third kappa shape index (κ3) is 2.82. The van der Waals surface area contributed by atoms with E-state index in [1.165, 1.54) is 0 Å². The second-order valence-electron chi connectivity index (χ2n) is 4.33. The molecular formula is C15H12BrClO. The highest BCUT2D eigenvalue weighted by atomic mass is 79.9. The summed E-state index contributed by atoms with van der Waals surface area (Å²) >= 11 is 9.43. The summed E-state index contributed by atoms with van der Waals surface area (Å²) in [5, 5.41) is 0.466. The van der Waals surface area contributed by atoms with Gasteiger partial charge in [0.15, 0.2) is 5.78 Å². The van der Waals surface area contributed by atoms with Gasteiger partial charge in [0.25, 0.3) is 0 Å². The molecule has 0 aliphatic heterocycles. The Hall–Kier alpha value is -1.12. The molecule has 0 bridgehead atoms. The summed E-state index contributed by atoms with van der Waals surface area (Å²) in [7, 11) is 0. The summed E-state index contributed by atoms with van der Waals surface area (Å²) in [6, 6.07) is 11.1. The number of aryl methyl sites for hydroxylation is 2. The van der Waals surface area contributed by atoms with Crippen LogP contribution in [-0.2, 0) is 0 Å². The molecule has 0 spiro atoms. The number of rotatable bonds is 2. The minimum Gasteiger partial charge on any atom is -0.289 e. The molecule has 0 radical (unpaired) electrons. The first kappa shape index (κ1) is 13.3. The van der Waals surface area contributed by atoms with Gasteiger partial charge in [-0.3, -0.25) is 4.79 Å². The van der Waals surface area contributed by atoms with Crippen LogP contribution >= 0.6 is 27.5 Å². The molecule has 0 aliphatic carbocycles. The van der Waals surface area contributed by atoms with Crippen molar-refractivity contribution in [1.29, 1.82) is 0 Å². The Bertz CT molecular complexity index is 600. The Labute approximate surface area is 120 Å². The van der Waals surface area contributed by atoms with Gasteiger partial charge in [0.1, 0.15) is 0 Å². The molecule has 0 aliphatic rings. The lowest BCUT2D eigenvalue weighted by Crippen LogP contribution is -2.03. The fourth-order valence-corrected chi connectivity index (χ4v) is 2.69. The fraction of sp³-hybridized carbons (Fsp3) is 0.133. The van der Waals surface area contributed by atoms with Crippen molar-refractivity contribution >= 4 is 33.3 Å². The van der Waals surface area contributed by atoms with Gasteiger partial charge in [-0.2, -0.15) is 0 Å². The quantitative estimate of drug-likeness (QED) is 0.715. The molecule has 0 heterocycles. The minimum atomic E-state index is -0.0423. The average Bonchev–Trinajstić information content (AvgIpc) is 2.26. The van der Waals surface area contributed by atoms with Gasteiger partial charge in [-0.1, -0.05) is 44.7 Å². The standard InChI is InChI=1S/C15H12BrClO/c1-9-5-10(2)7-11(6-9)15(18)13-4-3-12(16)8-14(13)17/h3-8H,1-2H3. The number of hydrogen-bond donors (Lipinski definition) is 0. The van der Waals surface area contributed by atoms with E-state index in [0.29, 0.717) is 16.1 Å². The molecule has 0 atom stereocenters. The highest BCUT2D eigenvalue weighted by Gasteiger charge is 2.13. The Balaban J connectivity index is 2.47. The van der Waals surface area contributed by atoms with Gasteiger partial charge in [-0.15, -0.1) is 0 Å². The fourth-order valence-electron chi connectivity index (χ4n) is 1.93. The summed E-state index contributed by atoms with van der Waals surface area (Å²) in [5.74, 6) is -0.0423. The van der Waals surface area contributed by atoms with Gasteiger partial charge in [0, 0.05) is 15.6 Å². The Kier molecular flexibility index (Phi) is 3.88. The SMILES string of the molecule is Cc1cc(C)cc(C(=O)c2ccc(Br)cc2Cl)c1. The van der Waals surface area contributed by atoms with Gasteiger partial charge < -0.3 is 0 Å². The predicted molar refractivity (Wildman–Crippen MR) is 78.5 cm³/mol. The first-order chi connectivity index (χ1) is 8.47. The zero-order chi connectivity index (χ0) is 13.3. The molecule has 2 rings (SSSR count). The molecule has 0 N–H and O–H groups in total. The summed E-state index contributed by atoms with van der Waals surface area (Å²) in [4.78, 5) is 12.4. The lowest BCUT2D eigenvalue weighted by Gasteiger charge is -2.06. The first-order valence-electron chi connectivity index (χ1n) is 5.55. The number of carbonyl (C=O) groups excluding carboxylic acids is 1. The van der Waals surface area contributed by atoms with Gasteiger partial charge in [-0.05, 0) is 44.2 Å². The van der Waals surface area contributed by atoms with E-state index >= 15 is 0 Å². The highest BCUT2D eigenvalue weighted by Crippen LogP contribution is 2.24. The zero-order valence-corrected chi connectivity index (χ0v) is 12.5. The second kappa shape index (κ2) is 5.25. The Morgan fingerprint density at radius 2 is 1.67 bits per heavy atom. The van der Waals surface area contributed by atoms with E-state index in [0.717, 1.165) is 15.6 Å². The van der Waals surface area contributed by atoms with E-state index < -0.39 is 0 Å². The molecule has 0 saturated heterocycles. The van der Waals surface area contributed by atoms with Crippen LogP contribution in [0.25, 0.3) is 0 Å². The van der Waals surface area contributed by atoms with Crippen molar-refractivity contribution in [3.8, 4) is 0 Å². The van der Waals surface area contributed by atoms with Crippen molar-refractivity contribution in [2.45, 2.75) is 13.8 Å². The predicted octanol–water partition coefficient (Wildman–Crippen LogP) is 4.95. The largest absolute Gasteiger partial charge is 0.289 e. The smallest absolute Gasteiger partial charge is 0.194 e. The maximum absolute atomic E-state index is 12.4. The number of halogens is 2. The van der Waals surface area contributed by atoms with Crippen LogP contribution in [0.15, 0.2) is 40.9 Å². The molecule has 0 fully saturated rings. The van der Waals surface area contributed by atoms with E-state index in [4.69, 9.17) is 11.6 Å². The van der Waals surface area contributed by atoms with Gasteiger partial charge >= 0.3 is 0 Å². The zero-order valence-electron chi connectivity index (χ0n) is 10.1. The average molecular weight is 324 g/mol. The monoisotopic (exact) mass is 322 g/mol. The van der Waals surface area contributed by atoms with E-state index in [-0.39, 0.29) is 5.78 Å². The number of benzene rings is 2. The van der Waals surface area contributed by atoms with Crippen molar-refractivity contribution in [3.63, 3.8) is 0 Å². The summed E-state index contributed by atoms with van der Waals surface area (Å²) < 4.78 is 0.865. The molecule has 2 aromatic carbocycles. The van der Waals surface area contributed by atoms with E-state index in [1.807, 2.05) is 38.1 Å². The minimum absolute atomic E-state index is 0.0423. The Morgan fingerprint density at radius 3 is 2.22 bits per heavy atom. The van der Waals surface area contributed by atoms with Crippen molar-refractivity contribution in [1.82, 2.24) is 0 Å². The third-order valence-corrected chi connectivity index (χ3v) is 3.47. The Morgan fingerprint density at radius 1 is 1.06 bits per heavy atom. The molecule has 0 unspecified atom stereocenters. The van der Waals surface area contributed by atoms with Crippen LogP contribution < -0.4 is 0 Å². The maximum Gasteiger partial charge on any atom is 0.194 e. The van der Waals surface area contributed by atoms with Crippen LogP contribution in [0.1, 0.15) is 27.0 Å². The molecule has 0 saturated carbocycles. The number of hydrogen-bond acceptors (Lipinski definition) is 1. The topological polar surface area (TPSA) is 17.1 Å². The van der Waals surface area contributed by atoms with Crippen molar-refractivity contribution in [2.75, 3.05) is 0 Å². The first-order valence-corrected chi connectivity index (χ1v) is 6.72. The molecule has 18 heavy (non-hydrogen) atoms. The number of ketones is 1. The summed E-state index contributed by atoms with van der Waals surface area (Å²) in [5.41, 5.74) is 3.36. The molecule has 92 valence electrons. The molecule has 2 aromatic rings. The van der Waals surface area contributed by atoms with E-state index in [9.17, 15) is 4.79 Å². The maximum atomic E-state index is 12.4. The van der Waals surface area contributed by atoms with E-state index in [1.54, 1.807) is 12.1 Å². The van der Waals surface area contributed by atoms with Crippen molar-refractivity contribution in [2.24, 2.45) is 0 Å². The summed E-state index contributed by atoms with van der Waals surface area (Å²) in [6.07, 6.45) is 0. The van der Waals surface area contributed by atoms with Crippen LogP contribution in [-0.4, -0.2) is 5.78 Å². The van der Waals surface area contributed by atoms with Crippen LogP contribution in [0.2, 0.25) is 5.02 Å². The van der Waals surface area contributed by atoms with Gasteiger partial charge in [0.05, 0.1) is 5.02 Å². The van der Waals surface area contributed by atoms with E-state index in [2.05, 4.69) is 15.9 Å². The normalized spacial score (nSPS) is 10.4. The third-order valence-electron chi connectivity index (χ3n) is 2.66. The molecule has 0 aromatic heterocycles. The van der Waals surface area contributed by atoms with Crippen LogP contribution in [0.3, 0.4) is 0 Å². The van der Waals surface area contributed by atoms with Crippen LogP contribution in [0.5, 0.6) is 0 Å². The lowest BCUT2D eigenvalue weighted by molar-refractivity contribution is 0.103. The highest BCUT2D eigenvalue weighted by molar-refractivity contribution is 9.10. The lowest BCUT2D eigenvalue weighted by atomic mass is 9.99. The number of carbonyl (C=O) groups is 1.